The molecule has 2 aromatic carbocycles. The van der Waals surface area contributed by atoms with E-state index in [1.807, 2.05) is 0 Å². The van der Waals surface area contributed by atoms with Crippen LogP contribution in [-0.4, -0.2) is 16.0 Å². The van der Waals surface area contributed by atoms with E-state index in [2.05, 4.69) is 20.0 Å². The van der Waals surface area contributed by atoms with Crippen molar-refractivity contribution < 1.29 is 35.7 Å². The Balaban J connectivity index is 1.67. The molecule has 0 fully saturated rings. The first-order valence-electron chi connectivity index (χ1n) is 8.00. The minimum atomic E-state index is -4.74. The molecule has 0 bridgehead atoms. The summed E-state index contributed by atoms with van der Waals surface area (Å²) in [6.07, 6.45) is -9.34. The fourth-order valence-electron chi connectivity index (χ4n) is 2.37. The highest BCUT2D eigenvalue weighted by atomic mass is 19.4. The molecule has 1 amide bonds. The first-order chi connectivity index (χ1) is 13.5. The van der Waals surface area contributed by atoms with E-state index >= 15 is 0 Å². The van der Waals surface area contributed by atoms with Crippen LogP contribution in [0.3, 0.4) is 0 Å². The summed E-state index contributed by atoms with van der Waals surface area (Å²) in [7, 11) is 0. The van der Waals surface area contributed by atoms with Crippen molar-refractivity contribution in [2.45, 2.75) is 18.8 Å². The van der Waals surface area contributed by atoms with Crippen molar-refractivity contribution in [2.24, 2.45) is 0 Å². The van der Waals surface area contributed by atoms with Gasteiger partial charge in [-0.2, -0.15) is 31.3 Å². The van der Waals surface area contributed by atoms with Crippen LogP contribution in [0, 0.1) is 0 Å². The molecule has 5 nitrogen and oxygen atoms in total. The van der Waals surface area contributed by atoms with Gasteiger partial charge in [-0.05, 0) is 35.9 Å². The van der Waals surface area contributed by atoms with Crippen molar-refractivity contribution >= 4 is 11.6 Å². The Morgan fingerprint density at radius 1 is 0.966 bits per heavy atom. The normalized spacial score (nSPS) is 12.1. The molecule has 1 N–H and O–H groups in total. The topological polar surface area (TPSA) is 68.0 Å². The van der Waals surface area contributed by atoms with E-state index in [0.717, 1.165) is 12.1 Å². The summed E-state index contributed by atoms with van der Waals surface area (Å²) in [6, 6.07) is 9.85. The van der Waals surface area contributed by atoms with Crippen molar-refractivity contribution in [1.29, 1.82) is 0 Å². The van der Waals surface area contributed by atoms with Crippen LogP contribution in [-0.2, 0) is 18.8 Å². The minimum Gasteiger partial charge on any atom is -0.329 e. The van der Waals surface area contributed by atoms with E-state index in [9.17, 15) is 31.1 Å². The highest BCUT2D eigenvalue weighted by molar-refractivity contribution is 6.04. The van der Waals surface area contributed by atoms with Crippen LogP contribution in [0.15, 0.2) is 53.1 Å². The molecule has 0 aliphatic rings. The van der Waals surface area contributed by atoms with Crippen LogP contribution in [0.4, 0.5) is 32.0 Å². The largest absolute Gasteiger partial charge is 0.471 e. The van der Waals surface area contributed by atoms with E-state index < -0.39 is 29.7 Å². The lowest BCUT2D eigenvalue weighted by Crippen LogP contribution is -2.13. The molecule has 0 saturated carbocycles. The summed E-state index contributed by atoms with van der Waals surface area (Å²) >= 11 is 0. The number of anilines is 1. The number of nitrogens with one attached hydrogen (secondary N) is 1. The van der Waals surface area contributed by atoms with E-state index in [-0.39, 0.29) is 23.5 Å². The zero-order valence-electron chi connectivity index (χ0n) is 14.3. The van der Waals surface area contributed by atoms with Gasteiger partial charge in [0, 0.05) is 17.7 Å². The number of carbonyl (C=O) groups is 1. The Bertz CT molecular complexity index is 1010. The van der Waals surface area contributed by atoms with Crippen LogP contribution in [0.25, 0.3) is 0 Å². The Labute approximate surface area is 159 Å². The second kappa shape index (κ2) is 7.57. The summed E-state index contributed by atoms with van der Waals surface area (Å²) < 4.78 is 79.7. The fraction of sp³-hybridized carbons (Fsp3) is 0.167. The maximum Gasteiger partial charge on any atom is 0.471 e. The molecule has 0 saturated heterocycles. The second-order valence-corrected chi connectivity index (χ2v) is 5.92. The first-order valence-corrected chi connectivity index (χ1v) is 8.00. The van der Waals surface area contributed by atoms with Gasteiger partial charge < -0.3 is 9.84 Å². The van der Waals surface area contributed by atoms with E-state index in [0.29, 0.717) is 5.56 Å². The Hall–Kier alpha value is -3.37. The van der Waals surface area contributed by atoms with Gasteiger partial charge in [0.1, 0.15) is 0 Å². The van der Waals surface area contributed by atoms with Gasteiger partial charge in [0.15, 0.2) is 5.82 Å². The zero-order chi connectivity index (χ0) is 21.2. The molecule has 1 heterocycles. The van der Waals surface area contributed by atoms with Gasteiger partial charge in [-0.25, -0.2) is 0 Å². The third-order valence-electron chi connectivity index (χ3n) is 3.74. The zero-order valence-corrected chi connectivity index (χ0v) is 14.3. The summed E-state index contributed by atoms with van der Waals surface area (Å²) in [6.45, 7) is 0. The molecule has 1 aromatic heterocycles. The number of hydrogen-bond acceptors (Lipinski definition) is 4. The van der Waals surface area contributed by atoms with Crippen LogP contribution < -0.4 is 5.32 Å². The van der Waals surface area contributed by atoms with Gasteiger partial charge in [0.25, 0.3) is 5.91 Å². The molecule has 11 heteroatoms. The summed E-state index contributed by atoms with van der Waals surface area (Å²) in [5.41, 5.74) is -0.269. The van der Waals surface area contributed by atoms with Gasteiger partial charge in [0.2, 0.25) is 0 Å². The molecular weight excluding hydrogens is 404 g/mol. The average molecular weight is 415 g/mol. The smallest absolute Gasteiger partial charge is 0.329 e. The van der Waals surface area contributed by atoms with Gasteiger partial charge in [-0.15, -0.1) is 0 Å². The summed E-state index contributed by atoms with van der Waals surface area (Å²) in [5.74, 6) is -2.28. The van der Waals surface area contributed by atoms with Gasteiger partial charge in [-0.1, -0.05) is 23.4 Å². The standard InChI is InChI=1S/C18H11F6N3O2/c19-17(20,21)12-2-1-3-13(9-12)25-15(28)11-6-4-10(5-7-11)8-14-26-16(29-27-14)18(22,23)24/h1-7,9H,8H2,(H,25,28). The number of hydrogen-bond donors (Lipinski definition) is 1. The predicted octanol–water partition coefficient (Wildman–Crippen LogP) is 4.95. The number of benzene rings is 2. The Kier molecular flexibility index (Phi) is 5.31. The SMILES string of the molecule is O=C(Nc1cccc(C(F)(F)F)c1)c1ccc(Cc2noc(C(F)(F)F)n2)cc1. The summed E-state index contributed by atoms with van der Waals surface area (Å²) in [4.78, 5) is 15.4. The third-order valence-corrected chi connectivity index (χ3v) is 3.74. The van der Waals surface area contributed by atoms with Crippen molar-refractivity contribution in [3.05, 3.63) is 76.9 Å². The maximum absolute atomic E-state index is 12.7. The highest BCUT2D eigenvalue weighted by Gasteiger charge is 2.38. The first kappa shape index (κ1) is 20.4. The average Bonchev–Trinajstić information content (AvgIpc) is 3.11. The molecular formula is C18H11F6N3O2. The fourth-order valence-corrected chi connectivity index (χ4v) is 2.37. The monoisotopic (exact) mass is 415 g/mol. The maximum atomic E-state index is 12.7. The molecule has 0 spiro atoms. The number of nitrogens with zero attached hydrogens (tertiary/aromatic N) is 2. The molecule has 0 radical (unpaired) electrons. The summed E-state index contributed by atoms with van der Waals surface area (Å²) in [5, 5.41) is 5.60. The van der Waals surface area contributed by atoms with Gasteiger partial charge in [0.05, 0.1) is 5.56 Å². The Morgan fingerprint density at radius 3 is 2.24 bits per heavy atom. The quantitative estimate of drug-likeness (QED) is 0.613. The Morgan fingerprint density at radius 2 is 1.66 bits per heavy atom. The number of amides is 1. The third kappa shape index (κ3) is 5.12. The number of alkyl halides is 6. The predicted molar refractivity (Wildman–Crippen MR) is 87.9 cm³/mol. The molecule has 29 heavy (non-hydrogen) atoms. The van der Waals surface area contributed by atoms with Crippen LogP contribution in [0.2, 0.25) is 0 Å². The van der Waals surface area contributed by atoms with E-state index in [4.69, 9.17) is 0 Å². The van der Waals surface area contributed by atoms with Crippen molar-refractivity contribution in [3.63, 3.8) is 0 Å². The number of carbonyl (C=O) groups excluding carboxylic acids is 1. The van der Waals surface area contributed by atoms with Crippen molar-refractivity contribution in [2.75, 3.05) is 5.32 Å². The minimum absolute atomic E-state index is 0.0274. The van der Waals surface area contributed by atoms with E-state index in [1.165, 1.54) is 36.4 Å². The second-order valence-electron chi connectivity index (χ2n) is 5.92. The molecule has 0 aliphatic carbocycles. The van der Waals surface area contributed by atoms with Crippen LogP contribution in [0.5, 0.6) is 0 Å². The van der Waals surface area contributed by atoms with Gasteiger partial charge >= 0.3 is 18.2 Å². The van der Waals surface area contributed by atoms with E-state index in [1.54, 1.807) is 0 Å². The number of aromatic nitrogens is 2. The lowest BCUT2D eigenvalue weighted by atomic mass is 10.1. The number of rotatable bonds is 4. The molecule has 3 rings (SSSR count). The lowest BCUT2D eigenvalue weighted by molar-refractivity contribution is -0.159. The van der Waals surface area contributed by atoms with Gasteiger partial charge in [-0.3, -0.25) is 4.79 Å². The molecule has 0 aliphatic heterocycles. The number of halogens is 6. The van der Waals surface area contributed by atoms with Crippen molar-refractivity contribution in [1.82, 2.24) is 10.1 Å². The highest BCUT2D eigenvalue weighted by Crippen LogP contribution is 2.31. The molecule has 3 aromatic rings. The molecule has 152 valence electrons. The lowest BCUT2D eigenvalue weighted by Gasteiger charge is -2.10. The molecule has 0 atom stereocenters. The van der Waals surface area contributed by atoms with Crippen LogP contribution in [0.1, 0.15) is 33.2 Å². The molecule has 0 unspecified atom stereocenters. The van der Waals surface area contributed by atoms with Crippen molar-refractivity contribution in [3.8, 4) is 0 Å². The van der Waals surface area contributed by atoms with Crippen LogP contribution >= 0.6 is 0 Å².